The molecular weight excluding hydrogens is 603 g/mol. The summed E-state index contributed by atoms with van der Waals surface area (Å²) in [5.74, 6) is 0. The van der Waals surface area contributed by atoms with E-state index in [1.807, 2.05) is 65.6 Å². The summed E-state index contributed by atoms with van der Waals surface area (Å²) >= 11 is 0. The third-order valence-corrected chi connectivity index (χ3v) is 10.4. The van der Waals surface area contributed by atoms with E-state index in [1.54, 1.807) is 0 Å². The molecule has 8 aromatic carbocycles. The minimum atomic E-state index is -0.579. The van der Waals surface area contributed by atoms with Gasteiger partial charge < -0.3 is 4.90 Å². The highest BCUT2D eigenvalue weighted by molar-refractivity contribution is 6.01. The zero-order valence-electron chi connectivity index (χ0n) is 31.2. The molecule has 2 aliphatic carbocycles. The van der Waals surface area contributed by atoms with Crippen molar-refractivity contribution in [3.05, 3.63) is 222 Å². The Balaban J connectivity index is 1.28. The number of hydrogen-bond acceptors (Lipinski definition) is 1. The maximum Gasteiger partial charge on any atom is 0.0726 e. The van der Waals surface area contributed by atoms with Gasteiger partial charge in [0.1, 0.15) is 0 Å². The van der Waals surface area contributed by atoms with Crippen LogP contribution in [-0.4, -0.2) is 0 Å². The molecule has 1 nitrogen and oxygen atoms in total. The normalized spacial score (nSPS) is 14.1. The third kappa shape index (κ3) is 4.14. The smallest absolute Gasteiger partial charge is 0.0726 e. The number of fused-ring (bicyclic) bond motifs is 10. The summed E-state index contributed by atoms with van der Waals surface area (Å²) in [6, 6.07) is 59.6. The number of rotatable bonds is 5. The summed E-state index contributed by atoms with van der Waals surface area (Å²) in [5, 5.41) is 0. The predicted octanol–water partition coefficient (Wildman–Crippen LogP) is 12.8. The zero-order chi connectivity index (χ0) is 36.6. The lowest BCUT2D eigenvalue weighted by molar-refractivity contribution is 0.794. The summed E-state index contributed by atoms with van der Waals surface area (Å²) in [5.41, 5.74) is 13.5. The summed E-state index contributed by atoms with van der Waals surface area (Å²) in [4.78, 5) is 1.95. The lowest BCUT2D eigenvalue weighted by Gasteiger charge is -2.32. The van der Waals surface area contributed by atoms with E-state index in [2.05, 4.69) is 115 Å². The van der Waals surface area contributed by atoms with Crippen LogP contribution in [0.1, 0.15) is 27.7 Å². The molecule has 0 atom stereocenters. The lowest BCUT2D eigenvalue weighted by atomic mass is 9.70. The summed E-state index contributed by atoms with van der Waals surface area (Å²) in [7, 11) is 0. The predicted molar refractivity (Wildman–Crippen MR) is 208 cm³/mol. The van der Waals surface area contributed by atoms with E-state index >= 15 is 0 Å². The van der Waals surface area contributed by atoms with Crippen LogP contribution in [0.25, 0.3) is 44.5 Å². The standard InChI is InChI=1S/C49H33N/c1-3-14-34(15-4-1)36-26-30-38(31-27-36)50(39-32-28-37(29-33-39)35-16-5-2-6-17-35)47-25-13-24-46-48(47)42-20-9-12-23-45(42)49(46)43-21-10-7-18-40(43)41-19-8-11-22-44(41)49/h1-33H/i26D,27D,30D,31D. The van der Waals surface area contributed by atoms with Crippen LogP contribution in [0.2, 0.25) is 0 Å². The molecule has 0 heterocycles. The van der Waals surface area contributed by atoms with Gasteiger partial charge in [-0.2, -0.15) is 0 Å². The minimum absolute atomic E-state index is 0.0776. The largest absolute Gasteiger partial charge is 0.310 e. The second-order valence-corrected chi connectivity index (χ2v) is 12.9. The van der Waals surface area contributed by atoms with E-state index in [1.165, 1.54) is 27.8 Å². The molecule has 1 heteroatoms. The Kier molecular flexibility index (Phi) is 5.59. The van der Waals surface area contributed by atoms with Gasteiger partial charge in [-0.25, -0.2) is 0 Å². The van der Waals surface area contributed by atoms with Crippen LogP contribution in [-0.2, 0) is 5.41 Å². The number of hydrogen-bond donors (Lipinski definition) is 0. The molecule has 1 spiro atoms. The second kappa shape index (κ2) is 11.3. The fourth-order valence-corrected chi connectivity index (χ4v) is 8.30. The van der Waals surface area contributed by atoms with Crippen molar-refractivity contribution in [1.82, 2.24) is 0 Å². The van der Waals surface area contributed by atoms with Gasteiger partial charge in [0.15, 0.2) is 0 Å². The molecular formula is C49H33N. The first-order valence-corrected chi connectivity index (χ1v) is 17.0. The van der Waals surface area contributed by atoms with Crippen LogP contribution in [0.5, 0.6) is 0 Å². The Morgan fingerprint density at radius 3 is 1.40 bits per heavy atom. The van der Waals surface area contributed by atoms with Gasteiger partial charge in [-0.1, -0.05) is 170 Å². The highest BCUT2D eigenvalue weighted by Crippen LogP contribution is 2.64. The fraction of sp³-hybridized carbons (Fsp3) is 0.0204. The van der Waals surface area contributed by atoms with Gasteiger partial charge in [-0.05, 0) is 91.5 Å². The van der Waals surface area contributed by atoms with Crippen molar-refractivity contribution in [1.29, 1.82) is 0 Å². The van der Waals surface area contributed by atoms with Crippen molar-refractivity contribution in [2.75, 3.05) is 4.90 Å². The third-order valence-electron chi connectivity index (χ3n) is 10.4. The van der Waals surface area contributed by atoms with Gasteiger partial charge in [-0.3, -0.25) is 0 Å². The lowest BCUT2D eigenvalue weighted by Crippen LogP contribution is -2.26. The van der Waals surface area contributed by atoms with Crippen LogP contribution in [0.4, 0.5) is 17.1 Å². The maximum absolute atomic E-state index is 9.59. The van der Waals surface area contributed by atoms with Crippen molar-refractivity contribution in [3.63, 3.8) is 0 Å². The Labute approximate surface area is 299 Å². The van der Waals surface area contributed by atoms with E-state index in [0.717, 1.165) is 39.2 Å². The fourth-order valence-electron chi connectivity index (χ4n) is 8.30. The number of anilines is 3. The highest BCUT2D eigenvalue weighted by Gasteiger charge is 2.52. The van der Waals surface area contributed by atoms with Crippen LogP contribution >= 0.6 is 0 Å². The van der Waals surface area contributed by atoms with Crippen molar-refractivity contribution >= 4 is 17.1 Å². The topological polar surface area (TPSA) is 3.24 Å². The van der Waals surface area contributed by atoms with Crippen molar-refractivity contribution < 1.29 is 5.48 Å². The quantitative estimate of drug-likeness (QED) is 0.181. The van der Waals surface area contributed by atoms with Gasteiger partial charge in [-0.15, -0.1) is 0 Å². The first kappa shape index (κ1) is 24.7. The minimum Gasteiger partial charge on any atom is -0.310 e. The molecule has 10 rings (SSSR count). The molecule has 8 aromatic rings. The Bertz CT molecular complexity index is 2680. The van der Waals surface area contributed by atoms with Crippen molar-refractivity contribution in [2.24, 2.45) is 0 Å². The first-order valence-electron chi connectivity index (χ1n) is 19.0. The molecule has 2 aliphatic rings. The molecule has 0 aliphatic heterocycles. The maximum atomic E-state index is 9.59. The zero-order valence-corrected chi connectivity index (χ0v) is 27.2. The van der Waals surface area contributed by atoms with Gasteiger partial charge in [0.25, 0.3) is 0 Å². The van der Waals surface area contributed by atoms with Gasteiger partial charge in [0.2, 0.25) is 0 Å². The van der Waals surface area contributed by atoms with E-state index in [0.29, 0.717) is 5.56 Å². The first-order chi connectivity index (χ1) is 26.5. The van der Waals surface area contributed by atoms with Crippen molar-refractivity contribution in [2.45, 2.75) is 5.41 Å². The van der Waals surface area contributed by atoms with Gasteiger partial charge >= 0.3 is 0 Å². The van der Waals surface area contributed by atoms with Crippen LogP contribution in [0.15, 0.2) is 200 Å². The van der Waals surface area contributed by atoms with E-state index in [9.17, 15) is 5.48 Å². The van der Waals surface area contributed by atoms with Crippen LogP contribution in [0, 0.1) is 0 Å². The molecule has 0 fully saturated rings. The average molecular weight is 640 g/mol. The van der Waals surface area contributed by atoms with Crippen LogP contribution in [0.3, 0.4) is 0 Å². The molecule has 0 N–H and O–H groups in total. The van der Waals surface area contributed by atoms with Gasteiger partial charge in [0, 0.05) is 16.9 Å². The van der Waals surface area contributed by atoms with E-state index in [-0.39, 0.29) is 35.4 Å². The van der Waals surface area contributed by atoms with Crippen molar-refractivity contribution in [3.8, 4) is 44.5 Å². The molecule has 50 heavy (non-hydrogen) atoms. The van der Waals surface area contributed by atoms with E-state index in [4.69, 9.17) is 0 Å². The molecule has 0 aromatic heterocycles. The Morgan fingerprint density at radius 2 is 0.800 bits per heavy atom. The molecule has 234 valence electrons. The van der Waals surface area contributed by atoms with Gasteiger partial charge in [0.05, 0.1) is 16.6 Å². The summed E-state index contributed by atoms with van der Waals surface area (Å²) < 4.78 is 37.8. The Hall–Kier alpha value is -6.44. The average Bonchev–Trinajstić information content (AvgIpc) is 3.70. The molecule has 0 radical (unpaired) electrons. The monoisotopic (exact) mass is 639 g/mol. The Morgan fingerprint density at radius 1 is 0.340 bits per heavy atom. The molecule has 0 bridgehead atoms. The number of benzene rings is 8. The SMILES string of the molecule is [2H]c1c([2H])c(N(c2ccc(-c3ccccc3)cc2)c2cccc3c2-c2ccccc2C32c3ccccc3-c3ccccc32)c([2H])c([2H])c1-c1ccccc1. The van der Waals surface area contributed by atoms with Crippen LogP contribution < -0.4 is 4.90 Å². The molecule has 0 saturated heterocycles. The van der Waals surface area contributed by atoms with E-state index < -0.39 is 5.41 Å². The second-order valence-electron chi connectivity index (χ2n) is 12.9. The molecule has 0 amide bonds. The summed E-state index contributed by atoms with van der Waals surface area (Å²) in [6.07, 6.45) is 0. The molecule has 0 unspecified atom stereocenters. The summed E-state index contributed by atoms with van der Waals surface area (Å²) in [6.45, 7) is 0. The highest BCUT2D eigenvalue weighted by atomic mass is 15.1. The molecule has 0 saturated carbocycles. The number of nitrogens with zero attached hydrogens (tertiary/aromatic N) is 1.